The summed E-state index contributed by atoms with van der Waals surface area (Å²) in [6.07, 6.45) is 0.413. The first kappa shape index (κ1) is 26.6. The lowest BCUT2D eigenvalue weighted by Crippen LogP contribution is -2.21. The quantitative estimate of drug-likeness (QED) is 0.473. The summed E-state index contributed by atoms with van der Waals surface area (Å²) in [6.45, 7) is 7.73. The second kappa shape index (κ2) is 13.1. The van der Waals surface area contributed by atoms with Crippen LogP contribution in [0, 0.1) is 19.8 Å². The average Bonchev–Trinajstić information content (AvgIpc) is 2.76. The van der Waals surface area contributed by atoms with Gasteiger partial charge in [0, 0.05) is 24.2 Å². The van der Waals surface area contributed by atoms with E-state index in [1.54, 1.807) is 24.3 Å². The first-order valence-corrected chi connectivity index (χ1v) is 11.2. The number of anilines is 2. The van der Waals surface area contributed by atoms with E-state index in [9.17, 15) is 19.2 Å². The molecule has 8 nitrogen and oxygen atoms in total. The van der Waals surface area contributed by atoms with Crippen molar-refractivity contribution in [3.63, 3.8) is 0 Å². The molecule has 2 amide bonds. The van der Waals surface area contributed by atoms with Gasteiger partial charge in [0.15, 0.2) is 6.61 Å². The maximum Gasteiger partial charge on any atom is 0.338 e. The summed E-state index contributed by atoms with van der Waals surface area (Å²) in [5.74, 6) is -1.40. The van der Waals surface area contributed by atoms with E-state index in [-0.39, 0.29) is 37.7 Å². The van der Waals surface area contributed by atoms with Crippen molar-refractivity contribution < 1.29 is 28.7 Å². The molecule has 0 heterocycles. The normalized spacial score (nSPS) is 10.5. The summed E-state index contributed by atoms with van der Waals surface area (Å²) < 4.78 is 10.1. The smallest absolute Gasteiger partial charge is 0.338 e. The minimum atomic E-state index is -0.548. The van der Waals surface area contributed by atoms with Gasteiger partial charge >= 0.3 is 11.9 Å². The lowest BCUT2D eigenvalue weighted by atomic mass is 10.1. The van der Waals surface area contributed by atoms with Gasteiger partial charge in [0.25, 0.3) is 5.91 Å². The summed E-state index contributed by atoms with van der Waals surface area (Å²) in [4.78, 5) is 47.9. The van der Waals surface area contributed by atoms with Gasteiger partial charge in [-0.2, -0.15) is 0 Å². The van der Waals surface area contributed by atoms with Crippen molar-refractivity contribution in [1.82, 2.24) is 0 Å². The van der Waals surface area contributed by atoms with Crippen molar-refractivity contribution in [2.45, 2.75) is 47.0 Å². The Morgan fingerprint density at radius 2 is 1.41 bits per heavy atom. The third-order valence-electron chi connectivity index (χ3n) is 4.61. The summed E-state index contributed by atoms with van der Waals surface area (Å²) in [6, 6.07) is 12.1. The van der Waals surface area contributed by atoms with Crippen LogP contribution in [0.5, 0.6) is 0 Å². The molecule has 0 fully saturated rings. The molecule has 0 aliphatic heterocycles. The molecule has 0 saturated heterocycles. The number of esters is 2. The Morgan fingerprint density at radius 1 is 0.794 bits per heavy atom. The van der Waals surface area contributed by atoms with Crippen molar-refractivity contribution in [2.75, 3.05) is 23.8 Å². The first-order chi connectivity index (χ1) is 16.1. The van der Waals surface area contributed by atoms with E-state index in [0.29, 0.717) is 23.5 Å². The maximum absolute atomic E-state index is 12.1. The van der Waals surface area contributed by atoms with E-state index in [2.05, 4.69) is 10.6 Å². The topological polar surface area (TPSA) is 111 Å². The highest BCUT2D eigenvalue weighted by molar-refractivity contribution is 5.94. The molecule has 2 rings (SSSR count). The summed E-state index contributed by atoms with van der Waals surface area (Å²) in [5, 5.41) is 5.41. The minimum Gasteiger partial charge on any atom is -0.462 e. The Bertz CT molecular complexity index is 994. The van der Waals surface area contributed by atoms with Gasteiger partial charge in [0.2, 0.25) is 5.91 Å². The Kier molecular flexibility index (Phi) is 10.3. The van der Waals surface area contributed by atoms with Crippen LogP contribution in [0.15, 0.2) is 42.5 Å². The van der Waals surface area contributed by atoms with Gasteiger partial charge in [0.1, 0.15) is 0 Å². The van der Waals surface area contributed by atoms with E-state index in [4.69, 9.17) is 9.47 Å². The standard InChI is InChI=1S/C26H32N2O6/c1-17(2)15-34-26(32)20-8-10-21(11-9-20)27-23(29)6-5-7-25(31)33-16-24(30)28-22-13-18(3)12-19(4)14-22/h8-14,17H,5-7,15-16H2,1-4H3,(H,27,29)(H,28,30). The lowest BCUT2D eigenvalue weighted by Gasteiger charge is -2.09. The van der Waals surface area contributed by atoms with Crippen LogP contribution in [0.25, 0.3) is 0 Å². The number of benzene rings is 2. The fraction of sp³-hybridized carbons (Fsp3) is 0.385. The number of nitrogens with one attached hydrogen (secondary N) is 2. The number of ether oxygens (including phenoxy) is 2. The molecule has 0 aliphatic carbocycles. The Balaban J connectivity index is 1.66. The first-order valence-electron chi connectivity index (χ1n) is 11.2. The zero-order valence-corrected chi connectivity index (χ0v) is 20.1. The second-order valence-corrected chi connectivity index (χ2v) is 8.56. The molecule has 2 N–H and O–H groups in total. The van der Waals surface area contributed by atoms with Crippen LogP contribution < -0.4 is 10.6 Å². The fourth-order valence-corrected chi connectivity index (χ4v) is 3.09. The number of hydrogen-bond donors (Lipinski definition) is 2. The maximum atomic E-state index is 12.1. The molecule has 0 atom stereocenters. The van der Waals surface area contributed by atoms with Crippen molar-refractivity contribution in [3.8, 4) is 0 Å². The highest BCUT2D eigenvalue weighted by Gasteiger charge is 2.11. The molecular weight excluding hydrogens is 436 g/mol. The van der Waals surface area contributed by atoms with E-state index >= 15 is 0 Å². The van der Waals surface area contributed by atoms with E-state index in [1.165, 1.54) is 0 Å². The molecule has 0 aromatic heterocycles. The predicted octanol–water partition coefficient (Wildman–Crippen LogP) is 4.41. The highest BCUT2D eigenvalue weighted by atomic mass is 16.5. The summed E-state index contributed by atoms with van der Waals surface area (Å²) in [7, 11) is 0. The number of aryl methyl sites for hydroxylation is 2. The number of amides is 2. The van der Waals surface area contributed by atoms with Crippen LogP contribution in [-0.4, -0.2) is 37.0 Å². The third-order valence-corrected chi connectivity index (χ3v) is 4.61. The molecule has 0 aliphatic rings. The molecule has 0 saturated carbocycles. The van der Waals surface area contributed by atoms with E-state index in [0.717, 1.165) is 11.1 Å². The second-order valence-electron chi connectivity index (χ2n) is 8.56. The molecule has 8 heteroatoms. The van der Waals surface area contributed by atoms with Gasteiger partial charge < -0.3 is 20.1 Å². The predicted molar refractivity (Wildman–Crippen MR) is 130 cm³/mol. The van der Waals surface area contributed by atoms with Gasteiger partial charge in [-0.3, -0.25) is 14.4 Å². The largest absolute Gasteiger partial charge is 0.462 e. The molecule has 2 aromatic carbocycles. The third kappa shape index (κ3) is 9.85. The summed E-state index contributed by atoms with van der Waals surface area (Å²) in [5.41, 5.74) is 3.63. The van der Waals surface area contributed by atoms with Gasteiger partial charge in [-0.15, -0.1) is 0 Å². The molecule has 0 unspecified atom stereocenters. The van der Waals surface area contributed by atoms with Crippen molar-refractivity contribution in [3.05, 3.63) is 59.2 Å². The van der Waals surface area contributed by atoms with Crippen molar-refractivity contribution in [1.29, 1.82) is 0 Å². The highest BCUT2D eigenvalue weighted by Crippen LogP contribution is 2.14. The average molecular weight is 469 g/mol. The number of rotatable bonds is 11. The molecule has 0 bridgehead atoms. The summed E-state index contributed by atoms with van der Waals surface area (Å²) >= 11 is 0. The van der Waals surface area contributed by atoms with Crippen LogP contribution >= 0.6 is 0 Å². The Morgan fingerprint density at radius 3 is 2.03 bits per heavy atom. The van der Waals surface area contributed by atoms with Crippen molar-refractivity contribution >= 4 is 35.1 Å². The number of carbonyl (C=O) groups is 4. The van der Waals surface area contributed by atoms with Crippen LogP contribution in [0.3, 0.4) is 0 Å². The van der Waals surface area contributed by atoms with Crippen LogP contribution in [0.2, 0.25) is 0 Å². The molecule has 182 valence electrons. The van der Waals surface area contributed by atoms with Crippen LogP contribution in [-0.2, 0) is 23.9 Å². The van der Waals surface area contributed by atoms with Gasteiger partial charge in [0.05, 0.1) is 12.2 Å². The molecular formula is C26H32N2O6. The SMILES string of the molecule is Cc1cc(C)cc(NC(=O)COC(=O)CCCC(=O)Nc2ccc(C(=O)OCC(C)C)cc2)c1. The molecule has 34 heavy (non-hydrogen) atoms. The van der Waals surface area contributed by atoms with E-state index in [1.807, 2.05) is 45.9 Å². The van der Waals surface area contributed by atoms with Gasteiger partial charge in [-0.05, 0) is 73.7 Å². The Labute approximate surface area is 200 Å². The minimum absolute atomic E-state index is 0.0187. The molecule has 2 aromatic rings. The van der Waals surface area contributed by atoms with Gasteiger partial charge in [-0.25, -0.2) is 4.79 Å². The lowest BCUT2D eigenvalue weighted by molar-refractivity contribution is -0.147. The molecule has 0 spiro atoms. The monoisotopic (exact) mass is 468 g/mol. The Hall–Kier alpha value is -3.68. The van der Waals surface area contributed by atoms with E-state index < -0.39 is 17.8 Å². The zero-order chi connectivity index (χ0) is 25.1. The van der Waals surface area contributed by atoms with Crippen LogP contribution in [0.4, 0.5) is 11.4 Å². The zero-order valence-electron chi connectivity index (χ0n) is 20.1. The fourth-order valence-electron chi connectivity index (χ4n) is 3.09. The van der Waals surface area contributed by atoms with Crippen molar-refractivity contribution in [2.24, 2.45) is 5.92 Å². The molecule has 0 radical (unpaired) electrons. The number of carbonyl (C=O) groups excluding carboxylic acids is 4. The van der Waals surface area contributed by atoms with Crippen LogP contribution in [0.1, 0.15) is 54.6 Å². The number of hydrogen-bond acceptors (Lipinski definition) is 6. The van der Waals surface area contributed by atoms with Gasteiger partial charge in [-0.1, -0.05) is 19.9 Å².